The molecule has 7 nitrogen and oxygen atoms in total. The van der Waals surface area contributed by atoms with Gasteiger partial charge in [0.25, 0.3) is 0 Å². The Balaban J connectivity index is 0.00000312. The highest BCUT2D eigenvalue weighted by molar-refractivity contribution is 14.0. The van der Waals surface area contributed by atoms with Gasteiger partial charge in [0.15, 0.2) is 5.96 Å². The van der Waals surface area contributed by atoms with E-state index in [0.29, 0.717) is 24.7 Å². The fourth-order valence-corrected chi connectivity index (χ4v) is 1.96. The van der Waals surface area contributed by atoms with Crippen LogP contribution in [0.1, 0.15) is 12.6 Å². The first-order valence-corrected chi connectivity index (χ1v) is 7.63. The van der Waals surface area contributed by atoms with Crippen molar-refractivity contribution in [2.75, 3.05) is 18.4 Å². The normalized spacial score (nSPS) is 10.8. The Hall–Kier alpha value is -2.17. The molecule has 0 atom stereocenters. The lowest BCUT2D eigenvalue weighted by molar-refractivity contribution is -0.115. The third-order valence-electron chi connectivity index (χ3n) is 3.21. The molecule has 0 fully saturated rings. The van der Waals surface area contributed by atoms with Gasteiger partial charge in [-0.05, 0) is 37.3 Å². The van der Waals surface area contributed by atoms with Crippen molar-refractivity contribution in [3.05, 3.63) is 48.0 Å². The van der Waals surface area contributed by atoms with E-state index in [0.717, 1.165) is 5.69 Å². The number of aliphatic imine (C=N–C) groups is 1. The molecule has 0 saturated carbocycles. The van der Waals surface area contributed by atoms with Crippen molar-refractivity contribution in [1.29, 1.82) is 0 Å². The van der Waals surface area contributed by atoms with Crippen molar-refractivity contribution in [3.63, 3.8) is 0 Å². The molecule has 2 rings (SSSR count). The Kier molecular flexibility index (Phi) is 8.89. The molecule has 25 heavy (non-hydrogen) atoms. The number of rotatable bonds is 6. The van der Waals surface area contributed by atoms with Gasteiger partial charge in [-0.15, -0.1) is 24.0 Å². The van der Waals surface area contributed by atoms with Gasteiger partial charge in [-0.3, -0.25) is 9.48 Å². The molecule has 0 spiro atoms. The number of halogens is 2. The minimum Gasteiger partial charge on any atom is -0.357 e. The molecule has 136 valence electrons. The molecule has 0 aliphatic rings. The second-order valence-electron chi connectivity index (χ2n) is 5.05. The number of amides is 1. The van der Waals surface area contributed by atoms with Crippen molar-refractivity contribution in [1.82, 2.24) is 20.4 Å². The number of guanidine groups is 1. The molecule has 0 radical (unpaired) electrons. The maximum Gasteiger partial charge on any atom is 0.243 e. The Morgan fingerprint density at radius 3 is 2.56 bits per heavy atom. The zero-order chi connectivity index (χ0) is 17.4. The first-order chi connectivity index (χ1) is 11.6. The lowest BCUT2D eigenvalue weighted by atomic mass is 10.3. The van der Waals surface area contributed by atoms with Crippen LogP contribution in [0.5, 0.6) is 0 Å². The molecular formula is C16H22FIN6O. The van der Waals surface area contributed by atoms with E-state index in [1.165, 1.54) is 24.3 Å². The molecule has 2 aromatic rings. The van der Waals surface area contributed by atoms with E-state index < -0.39 is 0 Å². The number of hydrogen-bond donors (Lipinski definition) is 3. The van der Waals surface area contributed by atoms with E-state index in [-0.39, 0.29) is 42.2 Å². The molecule has 0 aliphatic heterocycles. The largest absolute Gasteiger partial charge is 0.357 e. The highest BCUT2D eigenvalue weighted by Crippen LogP contribution is 2.07. The van der Waals surface area contributed by atoms with Crippen LogP contribution in [0.15, 0.2) is 41.5 Å². The number of hydrogen-bond acceptors (Lipinski definition) is 3. The Morgan fingerprint density at radius 2 is 1.96 bits per heavy atom. The van der Waals surface area contributed by atoms with Gasteiger partial charge in [-0.1, -0.05) is 0 Å². The molecule has 1 aromatic carbocycles. The fraction of sp³-hybridized carbons (Fsp3) is 0.312. The van der Waals surface area contributed by atoms with E-state index in [9.17, 15) is 9.18 Å². The average Bonchev–Trinajstić information content (AvgIpc) is 2.97. The summed E-state index contributed by atoms with van der Waals surface area (Å²) >= 11 is 0. The third kappa shape index (κ3) is 7.08. The quantitative estimate of drug-likeness (QED) is 0.349. The molecular weight excluding hydrogens is 438 g/mol. The minimum atomic E-state index is -0.345. The summed E-state index contributed by atoms with van der Waals surface area (Å²) in [6.45, 7) is 3.12. The molecule has 0 aliphatic carbocycles. The van der Waals surface area contributed by atoms with Crippen molar-refractivity contribution in [2.45, 2.75) is 13.5 Å². The summed E-state index contributed by atoms with van der Waals surface area (Å²) < 4.78 is 14.6. The number of carbonyl (C=O) groups excluding carboxylic acids is 1. The second-order valence-corrected chi connectivity index (χ2v) is 5.05. The zero-order valence-electron chi connectivity index (χ0n) is 14.1. The van der Waals surface area contributed by atoms with Gasteiger partial charge in [-0.2, -0.15) is 5.10 Å². The molecule has 0 bridgehead atoms. The highest BCUT2D eigenvalue weighted by atomic mass is 127. The summed E-state index contributed by atoms with van der Waals surface area (Å²) in [6, 6.07) is 7.49. The van der Waals surface area contributed by atoms with Crippen LogP contribution in [0.25, 0.3) is 0 Å². The smallest absolute Gasteiger partial charge is 0.243 e. The molecule has 1 heterocycles. The number of aromatic nitrogens is 2. The van der Waals surface area contributed by atoms with Crippen LogP contribution in [0.3, 0.4) is 0 Å². The lowest BCUT2D eigenvalue weighted by Crippen LogP contribution is -2.41. The molecule has 3 N–H and O–H groups in total. The molecule has 9 heteroatoms. The number of nitrogens with zero attached hydrogens (tertiary/aromatic N) is 3. The topological polar surface area (TPSA) is 83.3 Å². The Labute approximate surface area is 163 Å². The van der Waals surface area contributed by atoms with Gasteiger partial charge in [0.05, 0.1) is 18.8 Å². The van der Waals surface area contributed by atoms with Gasteiger partial charge >= 0.3 is 0 Å². The second kappa shape index (κ2) is 10.6. The van der Waals surface area contributed by atoms with Crippen LogP contribution >= 0.6 is 24.0 Å². The number of benzene rings is 1. The van der Waals surface area contributed by atoms with Crippen molar-refractivity contribution in [3.8, 4) is 0 Å². The van der Waals surface area contributed by atoms with Crippen LogP contribution < -0.4 is 16.0 Å². The van der Waals surface area contributed by atoms with E-state index >= 15 is 0 Å². The van der Waals surface area contributed by atoms with Crippen LogP contribution in [-0.2, 0) is 18.4 Å². The first kappa shape index (κ1) is 20.9. The minimum absolute atomic E-state index is 0. The first-order valence-electron chi connectivity index (χ1n) is 7.63. The van der Waals surface area contributed by atoms with E-state index in [2.05, 4.69) is 26.0 Å². The van der Waals surface area contributed by atoms with Crippen molar-refractivity contribution < 1.29 is 9.18 Å². The van der Waals surface area contributed by atoms with Gasteiger partial charge in [-0.25, -0.2) is 9.38 Å². The Morgan fingerprint density at radius 1 is 1.24 bits per heavy atom. The van der Waals surface area contributed by atoms with Crippen molar-refractivity contribution in [2.24, 2.45) is 12.0 Å². The molecule has 0 unspecified atom stereocenters. The Bertz CT molecular complexity index is 701. The number of anilines is 1. The molecule has 0 saturated heterocycles. The summed E-state index contributed by atoms with van der Waals surface area (Å²) in [5.74, 6) is -0.0523. The summed E-state index contributed by atoms with van der Waals surface area (Å²) in [6.07, 6.45) is 1.71. The summed E-state index contributed by atoms with van der Waals surface area (Å²) in [5.41, 5.74) is 1.50. The number of aryl methyl sites for hydroxylation is 1. The van der Waals surface area contributed by atoms with Crippen molar-refractivity contribution >= 4 is 41.5 Å². The summed E-state index contributed by atoms with van der Waals surface area (Å²) in [5, 5.41) is 12.8. The number of carbonyl (C=O) groups is 1. The van der Waals surface area contributed by atoms with Gasteiger partial charge in [0.1, 0.15) is 5.82 Å². The van der Waals surface area contributed by atoms with E-state index in [1.54, 1.807) is 10.9 Å². The maximum absolute atomic E-state index is 12.8. The maximum atomic E-state index is 12.8. The van der Waals surface area contributed by atoms with Gasteiger partial charge in [0.2, 0.25) is 5.91 Å². The highest BCUT2D eigenvalue weighted by Gasteiger charge is 2.05. The predicted molar refractivity (Wildman–Crippen MR) is 106 cm³/mol. The lowest BCUT2D eigenvalue weighted by Gasteiger charge is -2.11. The zero-order valence-corrected chi connectivity index (χ0v) is 16.5. The standard InChI is InChI=1S/C16H21FN6O.HI/c1-3-18-16(19-10-14-8-9-21-23(14)2)20-11-15(24)22-13-6-4-12(17)5-7-13;/h4-9H,3,10-11H2,1-2H3,(H,22,24)(H2,18,19,20);1H. The molecule has 1 aromatic heterocycles. The summed E-state index contributed by atoms with van der Waals surface area (Å²) in [4.78, 5) is 16.3. The third-order valence-corrected chi connectivity index (χ3v) is 3.21. The number of nitrogens with one attached hydrogen (secondary N) is 3. The van der Waals surface area contributed by atoms with Gasteiger partial charge < -0.3 is 16.0 Å². The van der Waals surface area contributed by atoms with Crippen LogP contribution in [0.2, 0.25) is 0 Å². The average molecular weight is 460 g/mol. The predicted octanol–water partition coefficient (Wildman–Crippen LogP) is 1.87. The van der Waals surface area contributed by atoms with Crippen LogP contribution in [-0.4, -0.2) is 34.7 Å². The van der Waals surface area contributed by atoms with Crippen LogP contribution in [0, 0.1) is 5.82 Å². The SMILES string of the molecule is CCNC(=NCc1ccnn1C)NCC(=O)Nc1ccc(F)cc1.I. The van der Waals surface area contributed by atoms with Crippen LogP contribution in [0.4, 0.5) is 10.1 Å². The monoisotopic (exact) mass is 460 g/mol. The van der Waals surface area contributed by atoms with E-state index in [4.69, 9.17) is 0 Å². The summed E-state index contributed by atoms with van der Waals surface area (Å²) in [7, 11) is 1.85. The van der Waals surface area contributed by atoms with Gasteiger partial charge in [0, 0.05) is 25.5 Å². The van der Waals surface area contributed by atoms with E-state index in [1.807, 2.05) is 20.0 Å². The fourth-order valence-electron chi connectivity index (χ4n) is 1.96. The molecule has 1 amide bonds.